The van der Waals surface area contributed by atoms with Gasteiger partial charge in [-0.3, -0.25) is 9.59 Å². The minimum Gasteiger partial charge on any atom is -0.481 e. The van der Waals surface area contributed by atoms with Gasteiger partial charge in [0.15, 0.2) is 0 Å². The van der Waals surface area contributed by atoms with Crippen LogP contribution in [0.25, 0.3) is 11.1 Å². The van der Waals surface area contributed by atoms with Crippen molar-refractivity contribution in [1.82, 2.24) is 10.6 Å². The summed E-state index contributed by atoms with van der Waals surface area (Å²) in [6.07, 6.45) is 1.80. The molecule has 3 N–H and O–H groups in total. The van der Waals surface area contributed by atoms with Crippen LogP contribution in [0.3, 0.4) is 0 Å². The number of alkyl carbamates (subject to hydrolysis) is 1. The van der Waals surface area contributed by atoms with Crippen molar-refractivity contribution < 1.29 is 29.0 Å². The molecule has 0 bridgehead atoms. The Balaban J connectivity index is 1.37. The van der Waals surface area contributed by atoms with E-state index in [1.807, 2.05) is 43.3 Å². The molecular formula is C27H32N2O6. The van der Waals surface area contributed by atoms with E-state index < -0.39 is 29.6 Å². The Morgan fingerprint density at radius 3 is 2.34 bits per heavy atom. The largest absolute Gasteiger partial charge is 0.481 e. The molecule has 4 rings (SSSR count). The molecule has 1 aliphatic carbocycles. The van der Waals surface area contributed by atoms with Crippen LogP contribution in [0.1, 0.15) is 56.1 Å². The lowest BCUT2D eigenvalue weighted by Gasteiger charge is -2.34. The Hall–Kier alpha value is -3.39. The van der Waals surface area contributed by atoms with Gasteiger partial charge in [-0.1, -0.05) is 48.5 Å². The summed E-state index contributed by atoms with van der Waals surface area (Å²) in [5, 5.41) is 14.5. The van der Waals surface area contributed by atoms with Crippen LogP contribution in [0.5, 0.6) is 0 Å². The summed E-state index contributed by atoms with van der Waals surface area (Å²) in [7, 11) is 0. The number of rotatable bonds is 9. The molecule has 35 heavy (non-hydrogen) atoms. The van der Waals surface area contributed by atoms with Gasteiger partial charge >= 0.3 is 12.1 Å². The normalized spacial score (nSPS) is 19.8. The van der Waals surface area contributed by atoms with Crippen molar-refractivity contribution >= 4 is 18.0 Å². The highest BCUT2D eigenvalue weighted by Gasteiger charge is 2.32. The van der Waals surface area contributed by atoms with Gasteiger partial charge in [-0.05, 0) is 54.9 Å². The number of carboxylic acid groups (broad SMARTS) is 1. The number of aliphatic carboxylic acids is 1. The van der Waals surface area contributed by atoms with Gasteiger partial charge in [0.25, 0.3) is 0 Å². The van der Waals surface area contributed by atoms with Crippen LogP contribution in [0.15, 0.2) is 48.5 Å². The molecule has 1 saturated heterocycles. The Kier molecular flexibility index (Phi) is 7.70. The van der Waals surface area contributed by atoms with Gasteiger partial charge in [0.05, 0.1) is 5.60 Å². The molecule has 2 aromatic rings. The van der Waals surface area contributed by atoms with E-state index in [1.54, 1.807) is 0 Å². The number of hydrogen-bond acceptors (Lipinski definition) is 5. The first kappa shape index (κ1) is 24.7. The summed E-state index contributed by atoms with van der Waals surface area (Å²) in [5.41, 5.74) is 3.95. The molecule has 0 spiro atoms. The second kappa shape index (κ2) is 10.9. The fraction of sp³-hybridized carbons (Fsp3) is 0.444. The standard InChI is InChI=1S/C27H32N2O6/c1-27(14-6-7-15-35-27)17-28-25(32)23(12-13-24(30)31)29-26(33)34-16-22-20-10-4-2-8-18(20)19-9-3-5-11-21(19)22/h2-5,8-11,22-23H,6-7,12-17H2,1H3,(H,28,32)(H,29,33)(H,30,31). The molecule has 2 amide bonds. The molecule has 0 aromatic heterocycles. The zero-order chi connectivity index (χ0) is 24.8. The summed E-state index contributed by atoms with van der Waals surface area (Å²) in [6.45, 7) is 2.99. The number of ether oxygens (including phenoxy) is 2. The third-order valence-electron chi connectivity index (χ3n) is 6.79. The van der Waals surface area contributed by atoms with Crippen molar-refractivity contribution in [2.24, 2.45) is 0 Å². The summed E-state index contributed by atoms with van der Waals surface area (Å²) in [6, 6.07) is 15.0. The van der Waals surface area contributed by atoms with E-state index in [-0.39, 0.29) is 25.4 Å². The predicted octanol–water partition coefficient (Wildman–Crippen LogP) is 3.83. The van der Waals surface area contributed by atoms with Crippen molar-refractivity contribution in [2.75, 3.05) is 19.8 Å². The zero-order valence-electron chi connectivity index (χ0n) is 19.9. The second-order valence-corrected chi connectivity index (χ2v) is 9.43. The Labute approximate surface area is 205 Å². The van der Waals surface area contributed by atoms with Crippen LogP contribution in [-0.2, 0) is 19.1 Å². The highest BCUT2D eigenvalue weighted by Crippen LogP contribution is 2.44. The molecule has 8 heteroatoms. The summed E-state index contributed by atoms with van der Waals surface area (Å²) < 4.78 is 11.3. The quantitative estimate of drug-likeness (QED) is 0.503. The molecule has 0 saturated carbocycles. The molecular weight excluding hydrogens is 448 g/mol. The average Bonchev–Trinajstić information content (AvgIpc) is 3.18. The van der Waals surface area contributed by atoms with Crippen LogP contribution in [0.2, 0.25) is 0 Å². The molecule has 8 nitrogen and oxygen atoms in total. The van der Waals surface area contributed by atoms with Gasteiger partial charge in [-0.25, -0.2) is 4.79 Å². The number of amides is 2. The van der Waals surface area contributed by atoms with E-state index in [4.69, 9.17) is 14.6 Å². The molecule has 2 unspecified atom stereocenters. The molecule has 2 atom stereocenters. The van der Waals surface area contributed by atoms with E-state index in [1.165, 1.54) is 0 Å². The van der Waals surface area contributed by atoms with Crippen LogP contribution < -0.4 is 10.6 Å². The van der Waals surface area contributed by atoms with Gasteiger partial charge in [-0.15, -0.1) is 0 Å². The summed E-state index contributed by atoms with van der Waals surface area (Å²) >= 11 is 0. The van der Waals surface area contributed by atoms with E-state index in [0.717, 1.165) is 41.5 Å². The number of carbonyl (C=O) groups excluding carboxylic acids is 2. The lowest BCUT2D eigenvalue weighted by Crippen LogP contribution is -2.52. The van der Waals surface area contributed by atoms with Crippen molar-refractivity contribution in [3.05, 3.63) is 59.7 Å². The monoisotopic (exact) mass is 480 g/mol. The van der Waals surface area contributed by atoms with Crippen LogP contribution in [0, 0.1) is 0 Å². The third-order valence-corrected chi connectivity index (χ3v) is 6.79. The molecule has 1 aliphatic heterocycles. The van der Waals surface area contributed by atoms with Crippen LogP contribution >= 0.6 is 0 Å². The number of carbonyl (C=O) groups is 3. The Morgan fingerprint density at radius 1 is 1.09 bits per heavy atom. The van der Waals surface area contributed by atoms with E-state index in [9.17, 15) is 14.4 Å². The fourth-order valence-electron chi connectivity index (χ4n) is 4.85. The maximum Gasteiger partial charge on any atom is 0.407 e. The fourth-order valence-corrected chi connectivity index (χ4v) is 4.85. The predicted molar refractivity (Wildman–Crippen MR) is 130 cm³/mol. The summed E-state index contributed by atoms with van der Waals surface area (Å²) in [4.78, 5) is 36.6. The molecule has 186 valence electrons. The van der Waals surface area contributed by atoms with Crippen LogP contribution in [-0.4, -0.2) is 54.5 Å². The number of hydrogen-bond donors (Lipinski definition) is 3. The van der Waals surface area contributed by atoms with Crippen molar-refractivity contribution in [2.45, 2.75) is 56.6 Å². The van der Waals surface area contributed by atoms with Crippen molar-refractivity contribution in [1.29, 1.82) is 0 Å². The molecule has 2 aliphatic rings. The minimum atomic E-state index is -1.04. The average molecular weight is 481 g/mol. The first-order valence-corrected chi connectivity index (χ1v) is 12.1. The minimum absolute atomic E-state index is 0.0388. The maximum atomic E-state index is 12.8. The zero-order valence-corrected chi connectivity index (χ0v) is 19.9. The summed E-state index contributed by atoms with van der Waals surface area (Å²) in [5.74, 6) is -1.60. The van der Waals surface area contributed by atoms with Gasteiger partial charge in [-0.2, -0.15) is 0 Å². The maximum absolute atomic E-state index is 12.8. The first-order valence-electron chi connectivity index (χ1n) is 12.1. The topological polar surface area (TPSA) is 114 Å². The number of benzene rings is 2. The van der Waals surface area contributed by atoms with Crippen molar-refractivity contribution in [3.63, 3.8) is 0 Å². The van der Waals surface area contributed by atoms with E-state index in [0.29, 0.717) is 13.2 Å². The number of carboxylic acids is 1. The smallest absolute Gasteiger partial charge is 0.407 e. The first-order chi connectivity index (χ1) is 16.9. The third kappa shape index (κ3) is 6.00. The molecule has 1 fully saturated rings. The lowest BCUT2D eigenvalue weighted by atomic mass is 9.96. The highest BCUT2D eigenvalue weighted by atomic mass is 16.5. The Morgan fingerprint density at radius 2 is 1.74 bits per heavy atom. The van der Waals surface area contributed by atoms with Gasteiger partial charge in [0, 0.05) is 25.5 Å². The van der Waals surface area contributed by atoms with E-state index in [2.05, 4.69) is 22.8 Å². The SMILES string of the molecule is CC1(CNC(=O)C(CCC(=O)O)NC(=O)OCC2c3ccccc3-c3ccccc32)CCCCO1. The van der Waals surface area contributed by atoms with Crippen molar-refractivity contribution in [3.8, 4) is 11.1 Å². The van der Waals surface area contributed by atoms with Crippen LogP contribution in [0.4, 0.5) is 4.79 Å². The van der Waals surface area contributed by atoms with Gasteiger partial charge in [0.1, 0.15) is 12.6 Å². The highest BCUT2D eigenvalue weighted by molar-refractivity contribution is 5.86. The number of nitrogens with one attached hydrogen (secondary N) is 2. The van der Waals surface area contributed by atoms with E-state index >= 15 is 0 Å². The van der Waals surface area contributed by atoms with Gasteiger partial charge in [0.2, 0.25) is 5.91 Å². The Bertz CT molecular complexity index is 1030. The second-order valence-electron chi connectivity index (χ2n) is 9.43. The lowest BCUT2D eigenvalue weighted by molar-refractivity contribution is -0.137. The molecule has 2 aromatic carbocycles. The van der Waals surface area contributed by atoms with Gasteiger partial charge < -0.3 is 25.2 Å². The molecule has 0 radical (unpaired) electrons. The molecule has 1 heterocycles. The number of fused-ring (bicyclic) bond motifs is 3.